The summed E-state index contributed by atoms with van der Waals surface area (Å²) in [5, 5.41) is 5.70. The van der Waals surface area contributed by atoms with E-state index in [0.29, 0.717) is 52.7 Å². The quantitative estimate of drug-likeness (QED) is 0.398. The largest absolute Gasteiger partial charge is 0.383 e. The molecule has 0 heterocycles. The molecule has 0 bridgehead atoms. The van der Waals surface area contributed by atoms with Crippen LogP contribution in [0.4, 0.5) is 0 Å². The molecule has 0 aliphatic heterocycles. The van der Waals surface area contributed by atoms with Crippen LogP contribution in [-0.2, 0) is 23.7 Å². The van der Waals surface area contributed by atoms with Crippen molar-refractivity contribution in [2.45, 2.75) is 0 Å². The van der Waals surface area contributed by atoms with Crippen molar-refractivity contribution in [3.63, 3.8) is 0 Å². The molecule has 7 nitrogen and oxygen atoms in total. The van der Waals surface area contributed by atoms with Crippen LogP contribution in [0.15, 0.2) is 0 Å². The number of hydrogen-bond donors (Lipinski definition) is 2. The highest BCUT2D eigenvalue weighted by molar-refractivity contribution is 5.77. The number of amides is 1. The van der Waals surface area contributed by atoms with E-state index in [1.54, 1.807) is 14.2 Å². The molecule has 19 heavy (non-hydrogen) atoms. The zero-order valence-electron chi connectivity index (χ0n) is 11.9. The number of rotatable bonds is 14. The van der Waals surface area contributed by atoms with Crippen molar-refractivity contribution in [2.75, 3.05) is 73.5 Å². The average Bonchev–Trinajstić information content (AvgIpc) is 2.41. The van der Waals surface area contributed by atoms with E-state index in [1.807, 2.05) is 0 Å². The van der Waals surface area contributed by atoms with Crippen molar-refractivity contribution < 1.29 is 23.7 Å². The van der Waals surface area contributed by atoms with E-state index >= 15 is 0 Å². The zero-order valence-corrected chi connectivity index (χ0v) is 11.9. The first-order valence-electron chi connectivity index (χ1n) is 6.42. The van der Waals surface area contributed by atoms with E-state index in [9.17, 15) is 4.79 Å². The first-order valence-corrected chi connectivity index (χ1v) is 6.42. The van der Waals surface area contributed by atoms with Crippen LogP contribution in [0.25, 0.3) is 0 Å². The fraction of sp³-hybridized carbons (Fsp3) is 0.917. The van der Waals surface area contributed by atoms with Crippen molar-refractivity contribution in [3.05, 3.63) is 0 Å². The number of carbonyl (C=O) groups is 1. The van der Waals surface area contributed by atoms with Gasteiger partial charge in [-0.2, -0.15) is 0 Å². The summed E-state index contributed by atoms with van der Waals surface area (Å²) in [4.78, 5) is 11.3. The highest BCUT2D eigenvalue weighted by atomic mass is 16.5. The third kappa shape index (κ3) is 15.2. The van der Waals surface area contributed by atoms with Crippen LogP contribution in [0.2, 0.25) is 0 Å². The van der Waals surface area contributed by atoms with E-state index in [-0.39, 0.29) is 12.5 Å². The summed E-state index contributed by atoms with van der Waals surface area (Å²) in [5.74, 6) is -0.0417. The molecule has 0 aliphatic rings. The van der Waals surface area contributed by atoms with Gasteiger partial charge >= 0.3 is 0 Å². The summed E-state index contributed by atoms with van der Waals surface area (Å²) in [6, 6.07) is 0. The van der Waals surface area contributed by atoms with Crippen molar-refractivity contribution in [3.8, 4) is 0 Å². The molecule has 0 fully saturated rings. The maximum absolute atomic E-state index is 11.3. The van der Waals surface area contributed by atoms with Gasteiger partial charge in [0.05, 0.1) is 46.2 Å². The molecular weight excluding hydrogens is 252 g/mol. The van der Waals surface area contributed by atoms with Crippen LogP contribution in [0.1, 0.15) is 0 Å². The molecule has 0 aliphatic carbocycles. The maximum Gasteiger partial charge on any atom is 0.234 e. The van der Waals surface area contributed by atoms with E-state index in [1.165, 1.54) is 0 Å². The molecule has 2 N–H and O–H groups in total. The summed E-state index contributed by atoms with van der Waals surface area (Å²) in [5.41, 5.74) is 0. The Bertz CT molecular complexity index is 205. The number of carbonyl (C=O) groups excluding carboxylic acids is 1. The van der Waals surface area contributed by atoms with Gasteiger partial charge in [0.25, 0.3) is 0 Å². The van der Waals surface area contributed by atoms with E-state index in [2.05, 4.69) is 10.6 Å². The van der Waals surface area contributed by atoms with Gasteiger partial charge in [-0.25, -0.2) is 0 Å². The van der Waals surface area contributed by atoms with Gasteiger partial charge in [-0.05, 0) is 0 Å². The van der Waals surface area contributed by atoms with Crippen LogP contribution >= 0.6 is 0 Å². The predicted molar refractivity (Wildman–Crippen MR) is 71.3 cm³/mol. The van der Waals surface area contributed by atoms with Gasteiger partial charge in [0, 0.05) is 27.3 Å². The van der Waals surface area contributed by atoms with Gasteiger partial charge in [0.2, 0.25) is 5.91 Å². The molecule has 114 valence electrons. The zero-order chi connectivity index (χ0) is 14.2. The first-order chi connectivity index (χ1) is 9.31. The maximum atomic E-state index is 11.3. The Labute approximate surface area is 114 Å². The number of methoxy groups -OCH3 is 2. The normalized spacial score (nSPS) is 10.6. The highest BCUT2D eigenvalue weighted by Gasteiger charge is 1.98. The van der Waals surface area contributed by atoms with E-state index in [0.717, 1.165) is 0 Å². The van der Waals surface area contributed by atoms with Gasteiger partial charge in [-0.15, -0.1) is 0 Å². The number of nitrogens with one attached hydrogen (secondary N) is 2. The second-order valence-electron chi connectivity index (χ2n) is 3.74. The highest BCUT2D eigenvalue weighted by Crippen LogP contribution is 1.79. The molecule has 7 heteroatoms. The number of ether oxygens (including phenoxy) is 4. The molecule has 0 saturated carbocycles. The molecule has 0 saturated heterocycles. The van der Waals surface area contributed by atoms with Gasteiger partial charge in [0.1, 0.15) is 0 Å². The van der Waals surface area contributed by atoms with Crippen molar-refractivity contribution in [1.29, 1.82) is 0 Å². The van der Waals surface area contributed by atoms with E-state index < -0.39 is 0 Å². The van der Waals surface area contributed by atoms with Gasteiger partial charge in [0.15, 0.2) is 0 Å². The molecule has 0 spiro atoms. The lowest BCUT2D eigenvalue weighted by Crippen LogP contribution is -2.36. The Morgan fingerprint density at radius 3 is 2.16 bits per heavy atom. The second-order valence-corrected chi connectivity index (χ2v) is 3.74. The van der Waals surface area contributed by atoms with Gasteiger partial charge in [-0.3, -0.25) is 4.79 Å². The fourth-order valence-electron chi connectivity index (χ4n) is 1.17. The van der Waals surface area contributed by atoms with Crippen molar-refractivity contribution in [2.24, 2.45) is 0 Å². The standard InChI is InChI=1S/C12H26N2O5/c1-16-5-4-14-12(15)11-13-3-6-18-9-10-19-8-7-17-2/h13H,3-11H2,1-2H3,(H,14,15). The molecule has 0 unspecified atom stereocenters. The van der Waals surface area contributed by atoms with Crippen molar-refractivity contribution in [1.82, 2.24) is 10.6 Å². The Hall–Kier alpha value is -0.730. The van der Waals surface area contributed by atoms with Crippen LogP contribution in [0.5, 0.6) is 0 Å². The Kier molecular flexibility index (Phi) is 14.7. The molecule has 0 atom stereocenters. The van der Waals surface area contributed by atoms with Crippen molar-refractivity contribution >= 4 is 5.91 Å². The summed E-state index contributed by atoms with van der Waals surface area (Å²) < 4.78 is 20.2. The predicted octanol–water partition coefficient (Wildman–Crippen LogP) is -0.982. The lowest BCUT2D eigenvalue weighted by molar-refractivity contribution is -0.120. The van der Waals surface area contributed by atoms with E-state index in [4.69, 9.17) is 18.9 Å². The average molecular weight is 278 g/mol. The smallest absolute Gasteiger partial charge is 0.234 e. The van der Waals surface area contributed by atoms with Crippen LogP contribution < -0.4 is 10.6 Å². The summed E-state index contributed by atoms with van der Waals surface area (Å²) in [6.45, 7) is 4.82. The second kappa shape index (κ2) is 15.3. The van der Waals surface area contributed by atoms with Gasteiger partial charge < -0.3 is 29.6 Å². The summed E-state index contributed by atoms with van der Waals surface area (Å²) in [6.07, 6.45) is 0. The Balaban J connectivity index is 3.07. The minimum Gasteiger partial charge on any atom is -0.383 e. The van der Waals surface area contributed by atoms with Crippen LogP contribution in [0, 0.1) is 0 Å². The Morgan fingerprint density at radius 1 is 0.842 bits per heavy atom. The SMILES string of the molecule is COCCNC(=O)CNCCOCCOCCOC. The minimum atomic E-state index is -0.0417. The molecule has 0 aromatic rings. The molecule has 0 rings (SSSR count). The van der Waals surface area contributed by atoms with Crippen LogP contribution in [0.3, 0.4) is 0 Å². The third-order valence-electron chi connectivity index (χ3n) is 2.14. The third-order valence-corrected chi connectivity index (χ3v) is 2.14. The topological polar surface area (TPSA) is 78.1 Å². The lowest BCUT2D eigenvalue weighted by Gasteiger charge is -2.07. The summed E-state index contributed by atoms with van der Waals surface area (Å²) >= 11 is 0. The molecule has 0 aromatic heterocycles. The molecule has 1 amide bonds. The minimum absolute atomic E-state index is 0.0417. The lowest BCUT2D eigenvalue weighted by atomic mass is 10.5. The first kappa shape index (κ1) is 18.3. The van der Waals surface area contributed by atoms with Gasteiger partial charge in [-0.1, -0.05) is 0 Å². The van der Waals surface area contributed by atoms with Crippen LogP contribution in [-0.4, -0.2) is 79.4 Å². The fourth-order valence-corrected chi connectivity index (χ4v) is 1.17. The molecular formula is C12H26N2O5. The number of hydrogen-bond acceptors (Lipinski definition) is 6. The molecule has 0 radical (unpaired) electrons. The Morgan fingerprint density at radius 2 is 1.47 bits per heavy atom. The summed E-state index contributed by atoms with van der Waals surface area (Å²) in [7, 11) is 3.23. The monoisotopic (exact) mass is 278 g/mol. The molecule has 0 aromatic carbocycles.